The Kier molecular flexibility index (Phi) is 4.04. The van der Waals surface area contributed by atoms with E-state index >= 15 is 0 Å². The fourth-order valence-electron chi connectivity index (χ4n) is 3.44. The van der Waals surface area contributed by atoms with Gasteiger partial charge >= 0.3 is 0 Å². The SMILES string of the molecule is Cc1cc(Br)c(O)c([C@@H]2[C@H](c3ccccn3)N=C3S[C@@H](C)CN32)c1. The number of aliphatic imine (C=N–C) groups is 1. The lowest BCUT2D eigenvalue weighted by Gasteiger charge is -2.28. The maximum absolute atomic E-state index is 10.7. The third-order valence-electron chi connectivity index (χ3n) is 4.44. The van der Waals surface area contributed by atoms with Crippen molar-refractivity contribution < 1.29 is 5.11 Å². The van der Waals surface area contributed by atoms with Gasteiger partial charge in [0.05, 0.1) is 16.2 Å². The minimum Gasteiger partial charge on any atom is -0.506 e. The van der Waals surface area contributed by atoms with Gasteiger partial charge in [-0.3, -0.25) is 9.98 Å². The van der Waals surface area contributed by atoms with E-state index in [1.54, 1.807) is 18.0 Å². The molecule has 1 aromatic carbocycles. The molecule has 0 amide bonds. The number of thioether (sulfide) groups is 1. The molecule has 1 aromatic heterocycles. The molecule has 0 bridgehead atoms. The molecule has 124 valence electrons. The molecule has 4 nitrogen and oxygen atoms in total. The van der Waals surface area contributed by atoms with E-state index in [9.17, 15) is 5.11 Å². The maximum Gasteiger partial charge on any atom is 0.160 e. The Morgan fingerprint density at radius 1 is 1.33 bits per heavy atom. The second-order valence-corrected chi connectivity index (χ2v) is 8.58. The number of phenols is 1. The van der Waals surface area contributed by atoms with Crippen LogP contribution in [-0.2, 0) is 0 Å². The van der Waals surface area contributed by atoms with Gasteiger partial charge in [0.1, 0.15) is 11.8 Å². The van der Waals surface area contributed by atoms with Gasteiger partial charge in [0, 0.05) is 23.6 Å². The van der Waals surface area contributed by atoms with Gasteiger partial charge in [0.15, 0.2) is 5.17 Å². The molecule has 3 heterocycles. The van der Waals surface area contributed by atoms with Crippen LogP contribution in [0.25, 0.3) is 0 Å². The summed E-state index contributed by atoms with van der Waals surface area (Å²) in [5.74, 6) is 0.299. The predicted octanol–water partition coefficient (Wildman–Crippen LogP) is 4.45. The first-order chi connectivity index (χ1) is 11.5. The molecule has 2 aliphatic heterocycles. The molecule has 1 fully saturated rings. The van der Waals surface area contributed by atoms with E-state index in [0.717, 1.165) is 33.0 Å². The summed E-state index contributed by atoms with van der Waals surface area (Å²) in [6.07, 6.45) is 1.80. The molecule has 6 heteroatoms. The number of hydrogen-bond acceptors (Lipinski definition) is 5. The molecular formula is C18H18BrN3OS. The number of nitrogens with zero attached hydrogens (tertiary/aromatic N) is 3. The first-order valence-corrected chi connectivity index (χ1v) is 9.63. The second kappa shape index (κ2) is 6.08. The topological polar surface area (TPSA) is 48.7 Å². The third kappa shape index (κ3) is 2.62. The number of benzene rings is 1. The zero-order chi connectivity index (χ0) is 16.8. The Balaban J connectivity index is 1.85. The van der Waals surface area contributed by atoms with E-state index in [-0.39, 0.29) is 12.1 Å². The number of aromatic hydroxyl groups is 1. The summed E-state index contributed by atoms with van der Waals surface area (Å²) in [5, 5.41) is 12.2. The summed E-state index contributed by atoms with van der Waals surface area (Å²) in [5.41, 5.74) is 2.96. The smallest absolute Gasteiger partial charge is 0.160 e. The summed E-state index contributed by atoms with van der Waals surface area (Å²) in [4.78, 5) is 11.8. The van der Waals surface area contributed by atoms with Crippen molar-refractivity contribution in [1.29, 1.82) is 0 Å². The van der Waals surface area contributed by atoms with Gasteiger partial charge < -0.3 is 10.0 Å². The van der Waals surface area contributed by atoms with Gasteiger partial charge in [-0.15, -0.1) is 0 Å². The molecule has 4 rings (SSSR count). The molecule has 0 spiro atoms. The number of amidine groups is 1. The van der Waals surface area contributed by atoms with Crippen molar-refractivity contribution >= 4 is 32.9 Å². The van der Waals surface area contributed by atoms with E-state index in [4.69, 9.17) is 4.99 Å². The minimum absolute atomic E-state index is 0.0245. The molecule has 0 unspecified atom stereocenters. The van der Waals surface area contributed by atoms with E-state index in [1.807, 2.05) is 31.2 Å². The highest BCUT2D eigenvalue weighted by molar-refractivity contribution is 9.10. The van der Waals surface area contributed by atoms with Gasteiger partial charge in [-0.05, 0) is 46.6 Å². The molecule has 2 aromatic rings. The lowest BCUT2D eigenvalue weighted by Crippen LogP contribution is -2.28. The Labute approximate surface area is 154 Å². The van der Waals surface area contributed by atoms with E-state index in [1.165, 1.54) is 0 Å². The van der Waals surface area contributed by atoms with Crippen molar-refractivity contribution in [1.82, 2.24) is 9.88 Å². The maximum atomic E-state index is 10.7. The molecule has 2 aliphatic rings. The molecular weight excluding hydrogens is 386 g/mol. The van der Waals surface area contributed by atoms with E-state index in [2.05, 4.69) is 38.8 Å². The second-order valence-electron chi connectivity index (χ2n) is 6.32. The van der Waals surface area contributed by atoms with Gasteiger partial charge in [0.2, 0.25) is 0 Å². The van der Waals surface area contributed by atoms with Crippen LogP contribution in [0, 0.1) is 6.92 Å². The van der Waals surface area contributed by atoms with Crippen LogP contribution in [0.15, 0.2) is 46.0 Å². The fourth-order valence-corrected chi connectivity index (χ4v) is 5.12. The highest BCUT2D eigenvalue weighted by Crippen LogP contribution is 2.50. The van der Waals surface area contributed by atoms with Crippen LogP contribution in [0.1, 0.15) is 35.8 Å². The normalized spacial score (nSPS) is 25.7. The summed E-state index contributed by atoms with van der Waals surface area (Å²) in [6.45, 7) is 5.19. The van der Waals surface area contributed by atoms with Gasteiger partial charge in [-0.2, -0.15) is 0 Å². The van der Waals surface area contributed by atoms with Crippen molar-refractivity contribution in [2.75, 3.05) is 6.54 Å². The number of hydrogen-bond donors (Lipinski definition) is 1. The summed E-state index contributed by atoms with van der Waals surface area (Å²) < 4.78 is 0.727. The van der Waals surface area contributed by atoms with E-state index in [0.29, 0.717) is 11.0 Å². The standard InChI is InChI=1S/C18H18BrN3OS/c1-10-7-12(17(23)13(19)8-10)16-15(14-5-3-4-6-20-14)21-18-22(16)9-11(2)24-18/h3-8,11,15-16,23H,9H2,1-2H3/t11-,15-,16+/m0/s1. The lowest BCUT2D eigenvalue weighted by atomic mass is 9.94. The number of phenolic OH excluding ortho intramolecular Hbond substituents is 1. The van der Waals surface area contributed by atoms with Crippen LogP contribution >= 0.6 is 27.7 Å². The first kappa shape index (κ1) is 16.0. The fraction of sp³-hybridized carbons (Fsp3) is 0.333. The molecule has 0 aliphatic carbocycles. The van der Waals surface area contributed by atoms with Crippen molar-refractivity contribution in [3.63, 3.8) is 0 Å². The predicted molar refractivity (Wildman–Crippen MR) is 101 cm³/mol. The monoisotopic (exact) mass is 403 g/mol. The van der Waals surface area contributed by atoms with Crippen molar-refractivity contribution in [2.45, 2.75) is 31.2 Å². The molecule has 0 saturated carbocycles. The minimum atomic E-state index is -0.0965. The van der Waals surface area contributed by atoms with Crippen LogP contribution in [0.3, 0.4) is 0 Å². The van der Waals surface area contributed by atoms with Gasteiger partial charge in [0.25, 0.3) is 0 Å². The Morgan fingerprint density at radius 2 is 2.17 bits per heavy atom. The van der Waals surface area contributed by atoms with Crippen molar-refractivity contribution in [3.8, 4) is 5.75 Å². The zero-order valence-corrected chi connectivity index (χ0v) is 15.9. The third-order valence-corrected chi connectivity index (χ3v) is 6.14. The van der Waals surface area contributed by atoms with Crippen LogP contribution in [0.2, 0.25) is 0 Å². The van der Waals surface area contributed by atoms with Gasteiger partial charge in [-0.1, -0.05) is 30.8 Å². The van der Waals surface area contributed by atoms with Crippen molar-refractivity contribution in [2.24, 2.45) is 4.99 Å². The molecule has 1 saturated heterocycles. The summed E-state index contributed by atoms with van der Waals surface area (Å²) in [7, 11) is 0. The first-order valence-electron chi connectivity index (χ1n) is 7.95. The van der Waals surface area contributed by atoms with Crippen LogP contribution in [0.4, 0.5) is 0 Å². The van der Waals surface area contributed by atoms with Crippen molar-refractivity contribution in [3.05, 3.63) is 57.8 Å². The Morgan fingerprint density at radius 3 is 2.92 bits per heavy atom. The summed E-state index contributed by atoms with van der Waals surface area (Å²) in [6, 6.07) is 9.80. The van der Waals surface area contributed by atoms with E-state index < -0.39 is 0 Å². The van der Waals surface area contributed by atoms with Gasteiger partial charge in [-0.25, -0.2) is 0 Å². The van der Waals surface area contributed by atoms with Crippen LogP contribution in [-0.4, -0.2) is 32.0 Å². The summed E-state index contributed by atoms with van der Waals surface area (Å²) >= 11 is 5.28. The average Bonchev–Trinajstić information content (AvgIpc) is 3.07. The zero-order valence-electron chi connectivity index (χ0n) is 13.5. The number of pyridine rings is 1. The molecule has 24 heavy (non-hydrogen) atoms. The Hall–Kier alpha value is -1.53. The number of aryl methyl sites for hydroxylation is 1. The highest BCUT2D eigenvalue weighted by Gasteiger charge is 2.44. The quantitative estimate of drug-likeness (QED) is 0.804. The average molecular weight is 404 g/mol. The molecule has 1 N–H and O–H groups in total. The number of aromatic nitrogens is 1. The molecule has 3 atom stereocenters. The van der Waals surface area contributed by atoms with Crippen LogP contribution < -0.4 is 0 Å². The highest BCUT2D eigenvalue weighted by atomic mass is 79.9. The largest absolute Gasteiger partial charge is 0.506 e. The molecule has 0 radical (unpaired) electrons. The van der Waals surface area contributed by atoms with Crippen LogP contribution in [0.5, 0.6) is 5.75 Å². The lowest BCUT2D eigenvalue weighted by molar-refractivity contribution is 0.311. The number of rotatable bonds is 2. The number of halogens is 1. The Bertz CT molecular complexity index is 811. The number of fused-ring (bicyclic) bond motifs is 1.